The molecule has 118 valence electrons. The van der Waals surface area contributed by atoms with Crippen molar-refractivity contribution in [2.45, 2.75) is 11.8 Å². The lowest BCUT2D eigenvalue weighted by atomic mass is 10.2. The zero-order valence-electron chi connectivity index (χ0n) is 12.1. The highest BCUT2D eigenvalue weighted by atomic mass is 32.2. The first-order valence-corrected chi connectivity index (χ1v) is 8.15. The molecule has 0 radical (unpaired) electrons. The standard InChI is InChI=1S/C13H16N4O4S/c1-11-2-3-12(17(18)19)10-13(11)22(20,21)16-8-6-15(5-4-14)7-9-16/h2-3,10H,5-9H2,1H3. The molecule has 1 aliphatic heterocycles. The van der Waals surface area contributed by atoms with E-state index in [9.17, 15) is 18.5 Å². The fourth-order valence-corrected chi connectivity index (χ4v) is 4.01. The largest absolute Gasteiger partial charge is 0.288 e. The number of hydrogen-bond acceptors (Lipinski definition) is 6. The van der Waals surface area contributed by atoms with Gasteiger partial charge in [-0.05, 0) is 12.5 Å². The van der Waals surface area contributed by atoms with E-state index in [4.69, 9.17) is 5.26 Å². The van der Waals surface area contributed by atoms with Gasteiger partial charge in [0, 0.05) is 38.3 Å². The summed E-state index contributed by atoms with van der Waals surface area (Å²) in [5, 5.41) is 19.5. The number of nitrogens with zero attached hydrogens (tertiary/aromatic N) is 4. The summed E-state index contributed by atoms with van der Waals surface area (Å²) in [6.07, 6.45) is 0. The van der Waals surface area contributed by atoms with E-state index in [0.29, 0.717) is 18.7 Å². The van der Waals surface area contributed by atoms with Crippen LogP contribution in [0, 0.1) is 28.4 Å². The Morgan fingerprint density at radius 1 is 1.32 bits per heavy atom. The minimum Gasteiger partial charge on any atom is -0.288 e. The highest BCUT2D eigenvalue weighted by molar-refractivity contribution is 7.89. The molecule has 0 aromatic heterocycles. The molecule has 0 aliphatic carbocycles. The maximum absolute atomic E-state index is 12.7. The van der Waals surface area contributed by atoms with Crippen LogP contribution in [0.25, 0.3) is 0 Å². The summed E-state index contributed by atoms with van der Waals surface area (Å²) in [5.74, 6) is 0. The molecule has 1 aromatic carbocycles. The van der Waals surface area contributed by atoms with Crippen molar-refractivity contribution in [1.29, 1.82) is 5.26 Å². The maximum atomic E-state index is 12.7. The Labute approximate surface area is 128 Å². The van der Waals surface area contributed by atoms with Crippen LogP contribution in [0.5, 0.6) is 0 Å². The summed E-state index contributed by atoms with van der Waals surface area (Å²) in [4.78, 5) is 12.1. The lowest BCUT2D eigenvalue weighted by molar-refractivity contribution is -0.385. The van der Waals surface area contributed by atoms with E-state index in [1.807, 2.05) is 11.0 Å². The summed E-state index contributed by atoms with van der Waals surface area (Å²) in [5.41, 5.74) is 0.234. The monoisotopic (exact) mass is 324 g/mol. The lowest BCUT2D eigenvalue weighted by Crippen LogP contribution is -2.48. The number of nitro benzene ring substituents is 1. The van der Waals surface area contributed by atoms with Crippen LogP contribution in [0.2, 0.25) is 0 Å². The van der Waals surface area contributed by atoms with Crippen LogP contribution in [0.4, 0.5) is 5.69 Å². The van der Waals surface area contributed by atoms with Crippen molar-refractivity contribution < 1.29 is 13.3 Å². The summed E-state index contributed by atoms with van der Waals surface area (Å²) < 4.78 is 26.6. The highest BCUT2D eigenvalue weighted by Crippen LogP contribution is 2.25. The molecule has 0 N–H and O–H groups in total. The van der Waals surface area contributed by atoms with Gasteiger partial charge in [0.25, 0.3) is 5.69 Å². The maximum Gasteiger partial charge on any atom is 0.270 e. The molecule has 0 saturated carbocycles. The number of piperazine rings is 1. The molecule has 1 fully saturated rings. The van der Waals surface area contributed by atoms with Gasteiger partial charge >= 0.3 is 0 Å². The first-order chi connectivity index (χ1) is 10.4. The van der Waals surface area contributed by atoms with Crippen LogP contribution in [-0.4, -0.2) is 55.3 Å². The van der Waals surface area contributed by atoms with E-state index >= 15 is 0 Å². The van der Waals surface area contributed by atoms with E-state index in [0.717, 1.165) is 6.07 Å². The van der Waals surface area contributed by atoms with Crippen molar-refractivity contribution in [1.82, 2.24) is 9.21 Å². The van der Waals surface area contributed by atoms with Crippen molar-refractivity contribution in [3.8, 4) is 6.07 Å². The molecule has 1 heterocycles. The lowest BCUT2D eigenvalue weighted by Gasteiger charge is -2.32. The second-order valence-electron chi connectivity index (χ2n) is 5.05. The molecular weight excluding hydrogens is 308 g/mol. The first kappa shape index (κ1) is 16.4. The van der Waals surface area contributed by atoms with Gasteiger partial charge in [0.15, 0.2) is 0 Å². The Balaban J connectivity index is 2.26. The van der Waals surface area contributed by atoms with Crippen LogP contribution in [0.3, 0.4) is 0 Å². The number of benzene rings is 1. The second-order valence-corrected chi connectivity index (χ2v) is 6.95. The number of sulfonamides is 1. The zero-order valence-corrected chi connectivity index (χ0v) is 12.9. The molecule has 0 spiro atoms. The Hall–Kier alpha value is -2.02. The predicted octanol–water partition coefficient (Wildman–Crippen LogP) is 0.733. The van der Waals surface area contributed by atoms with Crippen LogP contribution in [0.1, 0.15) is 5.56 Å². The molecule has 1 aromatic rings. The third kappa shape index (κ3) is 3.24. The van der Waals surface area contributed by atoms with Gasteiger partial charge in [0.05, 0.1) is 22.4 Å². The quantitative estimate of drug-likeness (QED) is 0.459. The van der Waals surface area contributed by atoms with Gasteiger partial charge in [0.2, 0.25) is 10.0 Å². The Kier molecular flexibility index (Phi) is 4.75. The fourth-order valence-electron chi connectivity index (χ4n) is 2.35. The predicted molar refractivity (Wildman–Crippen MR) is 78.6 cm³/mol. The van der Waals surface area contributed by atoms with E-state index in [-0.39, 0.29) is 30.2 Å². The smallest absolute Gasteiger partial charge is 0.270 e. The Bertz CT molecular complexity index is 718. The van der Waals surface area contributed by atoms with Gasteiger partial charge in [0.1, 0.15) is 0 Å². The van der Waals surface area contributed by atoms with Crippen molar-refractivity contribution >= 4 is 15.7 Å². The molecule has 0 bridgehead atoms. The van der Waals surface area contributed by atoms with Crippen molar-refractivity contribution in [3.63, 3.8) is 0 Å². The fraction of sp³-hybridized carbons (Fsp3) is 0.462. The molecule has 0 unspecified atom stereocenters. The van der Waals surface area contributed by atoms with Crippen molar-refractivity contribution in [2.75, 3.05) is 32.7 Å². The van der Waals surface area contributed by atoms with E-state index in [2.05, 4.69) is 0 Å². The van der Waals surface area contributed by atoms with Gasteiger partial charge < -0.3 is 0 Å². The molecule has 22 heavy (non-hydrogen) atoms. The summed E-state index contributed by atoms with van der Waals surface area (Å²) >= 11 is 0. The normalized spacial score (nSPS) is 17.1. The third-order valence-corrected chi connectivity index (χ3v) is 5.67. The number of rotatable bonds is 4. The van der Waals surface area contributed by atoms with Gasteiger partial charge in [-0.15, -0.1) is 0 Å². The number of hydrogen-bond donors (Lipinski definition) is 0. The molecule has 8 nitrogen and oxygen atoms in total. The SMILES string of the molecule is Cc1ccc([N+](=O)[O-])cc1S(=O)(=O)N1CCN(CC#N)CC1. The summed E-state index contributed by atoms with van der Waals surface area (Å²) in [6.45, 7) is 3.37. The number of nitro groups is 1. The van der Waals surface area contributed by atoms with Crippen molar-refractivity contribution in [2.24, 2.45) is 0 Å². The Morgan fingerprint density at radius 3 is 2.50 bits per heavy atom. The molecular formula is C13H16N4O4S. The van der Waals surface area contributed by atoms with E-state index in [1.54, 1.807) is 6.92 Å². The molecule has 0 atom stereocenters. The van der Waals surface area contributed by atoms with Crippen LogP contribution in [-0.2, 0) is 10.0 Å². The van der Waals surface area contributed by atoms with Crippen molar-refractivity contribution in [3.05, 3.63) is 33.9 Å². The minimum absolute atomic E-state index is 0.0320. The van der Waals surface area contributed by atoms with E-state index in [1.165, 1.54) is 16.4 Å². The van der Waals surface area contributed by atoms with Gasteiger partial charge in [-0.3, -0.25) is 15.0 Å². The van der Waals surface area contributed by atoms with Crippen LogP contribution >= 0.6 is 0 Å². The van der Waals surface area contributed by atoms with Gasteiger partial charge in [-0.25, -0.2) is 8.42 Å². The average molecular weight is 324 g/mol. The van der Waals surface area contributed by atoms with Crippen LogP contribution < -0.4 is 0 Å². The third-order valence-electron chi connectivity index (χ3n) is 3.63. The van der Waals surface area contributed by atoms with Crippen LogP contribution in [0.15, 0.2) is 23.1 Å². The molecule has 9 heteroatoms. The topological polar surface area (TPSA) is 108 Å². The molecule has 2 rings (SSSR count). The number of nitriles is 1. The number of non-ortho nitro benzene ring substituents is 1. The van der Waals surface area contributed by atoms with Gasteiger partial charge in [-0.1, -0.05) is 6.07 Å². The number of aryl methyl sites for hydroxylation is 1. The highest BCUT2D eigenvalue weighted by Gasteiger charge is 2.30. The average Bonchev–Trinajstić information content (AvgIpc) is 2.48. The Morgan fingerprint density at radius 2 is 1.95 bits per heavy atom. The second kappa shape index (κ2) is 6.39. The summed E-state index contributed by atoms with van der Waals surface area (Å²) in [7, 11) is -3.77. The van der Waals surface area contributed by atoms with Gasteiger partial charge in [-0.2, -0.15) is 9.57 Å². The first-order valence-electron chi connectivity index (χ1n) is 6.71. The van der Waals surface area contributed by atoms with E-state index < -0.39 is 14.9 Å². The molecule has 0 amide bonds. The minimum atomic E-state index is -3.77. The molecule has 1 aliphatic rings. The zero-order chi connectivity index (χ0) is 16.3. The summed E-state index contributed by atoms with van der Waals surface area (Å²) in [6, 6.07) is 5.87. The molecule has 1 saturated heterocycles.